The van der Waals surface area contributed by atoms with E-state index in [-0.39, 0.29) is 0 Å². The van der Waals surface area contributed by atoms with Gasteiger partial charge in [-0.2, -0.15) is 5.10 Å². The molecule has 3 rings (SSSR count). The van der Waals surface area contributed by atoms with E-state index in [2.05, 4.69) is 79.2 Å². The van der Waals surface area contributed by atoms with Gasteiger partial charge in [-0.05, 0) is 43.9 Å². The molecule has 0 aliphatic carbocycles. The van der Waals surface area contributed by atoms with Gasteiger partial charge >= 0.3 is 0 Å². The molecule has 3 nitrogen and oxygen atoms in total. The molecule has 1 aromatic heterocycles. The lowest BCUT2D eigenvalue weighted by molar-refractivity contribution is 0.536. The molecule has 26 heavy (non-hydrogen) atoms. The molecule has 0 saturated heterocycles. The molecule has 0 spiro atoms. The van der Waals surface area contributed by atoms with Crippen LogP contribution in [0.1, 0.15) is 37.9 Å². The van der Waals surface area contributed by atoms with Crippen LogP contribution in [0.25, 0.3) is 16.9 Å². The topological polar surface area (TPSA) is 43.8 Å². The van der Waals surface area contributed by atoms with Crippen molar-refractivity contribution in [2.24, 2.45) is 11.7 Å². The Balaban J connectivity index is 2.15. The van der Waals surface area contributed by atoms with Gasteiger partial charge in [-0.1, -0.05) is 68.8 Å². The molecule has 0 amide bonds. The second-order valence-corrected chi connectivity index (χ2v) is 7.02. The molecule has 1 unspecified atom stereocenters. The van der Waals surface area contributed by atoms with Crippen LogP contribution in [-0.4, -0.2) is 16.3 Å². The van der Waals surface area contributed by atoms with Gasteiger partial charge in [0.2, 0.25) is 0 Å². The van der Waals surface area contributed by atoms with Gasteiger partial charge in [0.25, 0.3) is 0 Å². The predicted molar refractivity (Wildman–Crippen MR) is 110 cm³/mol. The van der Waals surface area contributed by atoms with Gasteiger partial charge in [0.05, 0.1) is 11.4 Å². The molecule has 0 saturated carbocycles. The lowest BCUT2D eigenvalue weighted by Gasteiger charge is -2.13. The summed E-state index contributed by atoms with van der Waals surface area (Å²) < 4.78 is 2.15. The van der Waals surface area contributed by atoms with E-state index in [0.717, 1.165) is 43.6 Å². The summed E-state index contributed by atoms with van der Waals surface area (Å²) in [5.74, 6) is 0.548. The van der Waals surface area contributed by atoms with Crippen molar-refractivity contribution in [3.05, 3.63) is 71.9 Å². The molecule has 0 aliphatic rings. The lowest BCUT2D eigenvalue weighted by Crippen LogP contribution is -2.10. The molecular formula is C23H29N3. The molecule has 136 valence electrons. The van der Waals surface area contributed by atoms with Crippen molar-refractivity contribution in [2.75, 3.05) is 6.54 Å². The third-order valence-corrected chi connectivity index (χ3v) is 4.84. The van der Waals surface area contributed by atoms with Crippen molar-refractivity contribution in [2.45, 2.75) is 39.5 Å². The second kappa shape index (κ2) is 8.81. The fourth-order valence-electron chi connectivity index (χ4n) is 3.54. The van der Waals surface area contributed by atoms with E-state index in [0.29, 0.717) is 5.92 Å². The standard InChI is InChI=1S/C23H29N3/c1-3-10-22-21(17-18(2)15-16-24)23(19-11-6-4-7-12-19)25-26(22)20-13-8-5-9-14-20/h4-9,11-14,18H,3,10,15-17,24H2,1-2H3. The van der Waals surface area contributed by atoms with Crippen molar-refractivity contribution in [1.82, 2.24) is 9.78 Å². The van der Waals surface area contributed by atoms with Gasteiger partial charge < -0.3 is 5.73 Å². The first kappa shape index (κ1) is 18.4. The van der Waals surface area contributed by atoms with Crippen molar-refractivity contribution in [3.8, 4) is 16.9 Å². The van der Waals surface area contributed by atoms with Crippen LogP contribution in [0.5, 0.6) is 0 Å². The third kappa shape index (κ3) is 4.05. The van der Waals surface area contributed by atoms with Gasteiger partial charge in [-0.15, -0.1) is 0 Å². The zero-order valence-corrected chi connectivity index (χ0v) is 15.9. The van der Waals surface area contributed by atoms with Gasteiger partial charge in [0.1, 0.15) is 0 Å². The van der Waals surface area contributed by atoms with Crippen LogP contribution >= 0.6 is 0 Å². The Kier molecular flexibility index (Phi) is 6.24. The first-order valence-corrected chi connectivity index (χ1v) is 9.66. The Morgan fingerprint density at radius 3 is 2.27 bits per heavy atom. The zero-order valence-electron chi connectivity index (χ0n) is 15.9. The van der Waals surface area contributed by atoms with Crippen molar-refractivity contribution in [1.29, 1.82) is 0 Å². The van der Waals surface area contributed by atoms with Crippen LogP contribution in [0, 0.1) is 5.92 Å². The first-order chi connectivity index (χ1) is 12.7. The minimum Gasteiger partial charge on any atom is -0.330 e. The SMILES string of the molecule is CCCc1c(CC(C)CCN)c(-c2ccccc2)nn1-c1ccccc1. The molecule has 1 heterocycles. The molecule has 0 fully saturated rings. The molecule has 1 atom stereocenters. The monoisotopic (exact) mass is 347 g/mol. The summed E-state index contributed by atoms with van der Waals surface area (Å²) in [6.07, 6.45) is 4.18. The number of aromatic nitrogens is 2. The van der Waals surface area contributed by atoms with Gasteiger partial charge in [-0.3, -0.25) is 0 Å². The minimum absolute atomic E-state index is 0.548. The Morgan fingerprint density at radius 2 is 1.65 bits per heavy atom. The maximum atomic E-state index is 5.80. The summed E-state index contributed by atoms with van der Waals surface area (Å²) in [4.78, 5) is 0. The lowest BCUT2D eigenvalue weighted by atomic mass is 9.93. The summed E-state index contributed by atoms with van der Waals surface area (Å²) in [5, 5.41) is 5.07. The molecule has 0 bridgehead atoms. The maximum absolute atomic E-state index is 5.80. The fourth-order valence-corrected chi connectivity index (χ4v) is 3.54. The third-order valence-electron chi connectivity index (χ3n) is 4.84. The van der Waals surface area contributed by atoms with Crippen LogP contribution in [0.15, 0.2) is 60.7 Å². The highest BCUT2D eigenvalue weighted by Crippen LogP contribution is 2.31. The number of para-hydroxylation sites is 1. The van der Waals surface area contributed by atoms with Crippen LogP contribution in [0.2, 0.25) is 0 Å². The molecule has 3 aromatic rings. The van der Waals surface area contributed by atoms with Crippen molar-refractivity contribution < 1.29 is 0 Å². The number of nitrogens with two attached hydrogens (primary N) is 1. The smallest absolute Gasteiger partial charge is 0.0962 e. The second-order valence-electron chi connectivity index (χ2n) is 7.02. The molecule has 3 heteroatoms. The number of nitrogens with zero attached hydrogens (tertiary/aromatic N) is 2. The van der Waals surface area contributed by atoms with E-state index >= 15 is 0 Å². The largest absolute Gasteiger partial charge is 0.330 e. The van der Waals surface area contributed by atoms with Crippen LogP contribution in [-0.2, 0) is 12.8 Å². The number of rotatable bonds is 8. The van der Waals surface area contributed by atoms with E-state index in [9.17, 15) is 0 Å². The van der Waals surface area contributed by atoms with Crippen molar-refractivity contribution >= 4 is 0 Å². The first-order valence-electron chi connectivity index (χ1n) is 9.66. The van der Waals surface area contributed by atoms with E-state index in [1.165, 1.54) is 16.8 Å². The van der Waals surface area contributed by atoms with Crippen LogP contribution in [0.3, 0.4) is 0 Å². The summed E-state index contributed by atoms with van der Waals surface area (Å²) in [6.45, 7) is 5.26. The average molecular weight is 348 g/mol. The van der Waals surface area contributed by atoms with Crippen LogP contribution < -0.4 is 5.73 Å². The summed E-state index contributed by atoms with van der Waals surface area (Å²) in [6, 6.07) is 21.0. The van der Waals surface area contributed by atoms with Crippen molar-refractivity contribution in [3.63, 3.8) is 0 Å². The predicted octanol–water partition coefficient (Wildman–Crippen LogP) is 5.02. The minimum atomic E-state index is 0.548. The van der Waals surface area contributed by atoms with E-state index < -0.39 is 0 Å². The molecular weight excluding hydrogens is 318 g/mol. The Morgan fingerprint density at radius 1 is 1.00 bits per heavy atom. The van der Waals surface area contributed by atoms with Gasteiger partial charge in [0.15, 0.2) is 0 Å². The quantitative estimate of drug-likeness (QED) is 0.622. The number of benzene rings is 2. The van der Waals surface area contributed by atoms with Crippen LogP contribution in [0.4, 0.5) is 0 Å². The Bertz CT molecular complexity index is 806. The maximum Gasteiger partial charge on any atom is 0.0962 e. The molecule has 0 aliphatic heterocycles. The zero-order chi connectivity index (χ0) is 18.4. The average Bonchev–Trinajstić information content (AvgIpc) is 3.02. The highest BCUT2D eigenvalue weighted by atomic mass is 15.3. The highest BCUT2D eigenvalue weighted by molar-refractivity contribution is 5.65. The Hall–Kier alpha value is -2.39. The molecule has 0 radical (unpaired) electrons. The number of hydrogen-bond acceptors (Lipinski definition) is 2. The summed E-state index contributed by atoms with van der Waals surface area (Å²) in [5.41, 5.74) is 11.9. The summed E-state index contributed by atoms with van der Waals surface area (Å²) in [7, 11) is 0. The Labute approximate surface area is 156 Å². The van der Waals surface area contributed by atoms with E-state index in [1.807, 2.05) is 0 Å². The number of hydrogen-bond donors (Lipinski definition) is 1. The van der Waals surface area contributed by atoms with E-state index in [1.54, 1.807) is 0 Å². The fraction of sp³-hybridized carbons (Fsp3) is 0.348. The highest BCUT2D eigenvalue weighted by Gasteiger charge is 2.21. The van der Waals surface area contributed by atoms with Gasteiger partial charge in [-0.25, -0.2) is 4.68 Å². The normalized spacial score (nSPS) is 12.3. The molecule has 2 aromatic carbocycles. The van der Waals surface area contributed by atoms with Gasteiger partial charge in [0, 0.05) is 16.8 Å². The molecule has 2 N–H and O–H groups in total. The summed E-state index contributed by atoms with van der Waals surface area (Å²) >= 11 is 0. The van der Waals surface area contributed by atoms with E-state index in [4.69, 9.17) is 10.8 Å².